The van der Waals surface area contributed by atoms with Crippen molar-refractivity contribution < 1.29 is 29.4 Å². The van der Waals surface area contributed by atoms with Crippen LogP contribution in [0.3, 0.4) is 0 Å². The van der Waals surface area contributed by atoms with E-state index in [1.54, 1.807) is 0 Å². The Morgan fingerprint density at radius 1 is 1.09 bits per heavy atom. The molecule has 0 spiro atoms. The minimum absolute atomic E-state index is 0.0649. The van der Waals surface area contributed by atoms with Gasteiger partial charge in [-0.05, 0) is 44.7 Å². The number of hydrogen-bond acceptors (Lipinski definition) is 9. The van der Waals surface area contributed by atoms with E-state index in [0.29, 0.717) is 30.8 Å². The normalized spacial score (nSPS) is 15.3. The van der Waals surface area contributed by atoms with Gasteiger partial charge in [-0.1, -0.05) is 6.42 Å². The molecule has 10 N–H and O–H groups in total. The number of aliphatic hydroxyl groups is 1. The molecule has 0 aliphatic heterocycles. The molecular formula is C21H37N7O6S. The number of carbonyl (C=O) groups excluding carboxylic acids is 3. The fourth-order valence-electron chi connectivity index (χ4n) is 3.16. The van der Waals surface area contributed by atoms with Crippen molar-refractivity contribution in [3.8, 4) is 0 Å². The third-order valence-corrected chi connectivity index (χ3v) is 5.85. The maximum atomic E-state index is 13.1. The summed E-state index contributed by atoms with van der Waals surface area (Å²) in [5, 5.41) is 26.4. The molecule has 198 valence electrons. The SMILES string of the molecule is CSCCC(NC(=O)C(Cc1cnc[nH]1)NC(=O)C(N)CCCCN)C(=O)NC(C(=O)O)C(C)O. The second-order valence-electron chi connectivity index (χ2n) is 8.14. The van der Waals surface area contributed by atoms with E-state index < -0.39 is 54.0 Å². The van der Waals surface area contributed by atoms with Crippen molar-refractivity contribution in [2.45, 2.75) is 69.3 Å². The fraction of sp³-hybridized carbons (Fsp3) is 0.667. The molecular weight excluding hydrogens is 478 g/mol. The lowest BCUT2D eigenvalue weighted by molar-refractivity contribution is -0.145. The fourth-order valence-corrected chi connectivity index (χ4v) is 3.63. The topological polar surface area (TPSA) is 226 Å². The van der Waals surface area contributed by atoms with Gasteiger partial charge in [-0.25, -0.2) is 9.78 Å². The summed E-state index contributed by atoms with van der Waals surface area (Å²) in [7, 11) is 0. The molecule has 0 saturated carbocycles. The number of nitrogens with zero attached hydrogens (tertiary/aromatic N) is 1. The molecule has 0 aromatic carbocycles. The average molecular weight is 516 g/mol. The number of carboxylic acids is 1. The van der Waals surface area contributed by atoms with Crippen LogP contribution in [0.4, 0.5) is 0 Å². The van der Waals surface area contributed by atoms with Gasteiger partial charge in [0.1, 0.15) is 12.1 Å². The van der Waals surface area contributed by atoms with Gasteiger partial charge < -0.3 is 42.6 Å². The zero-order valence-electron chi connectivity index (χ0n) is 20.0. The molecule has 3 amide bonds. The highest BCUT2D eigenvalue weighted by Crippen LogP contribution is 2.06. The van der Waals surface area contributed by atoms with Gasteiger partial charge in [0.25, 0.3) is 0 Å². The summed E-state index contributed by atoms with van der Waals surface area (Å²) >= 11 is 1.44. The van der Waals surface area contributed by atoms with Crippen molar-refractivity contribution in [1.82, 2.24) is 25.9 Å². The first-order chi connectivity index (χ1) is 16.6. The summed E-state index contributed by atoms with van der Waals surface area (Å²) in [6.45, 7) is 1.72. The van der Waals surface area contributed by atoms with Crippen LogP contribution in [0.5, 0.6) is 0 Å². The quantitative estimate of drug-likeness (QED) is 0.107. The van der Waals surface area contributed by atoms with E-state index in [1.165, 1.54) is 31.2 Å². The number of aliphatic hydroxyl groups excluding tert-OH is 1. The first-order valence-corrected chi connectivity index (χ1v) is 12.7. The van der Waals surface area contributed by atoms with Crippen LogP contribution >= 0.6 is 11.8 Å². The maximum Gasteiger partial charge on any atom is 0.328 e. The van der Waals surface area contributed by atoms with Crippen LogP contribution in [-0.4, -0.2) is 92.7 Å². The molecule has 0 aliphatic carbocycles. The van der Waals surface area contributed by atoms with Crippen LogP contribution in [0.25, 0.3) is 0 Å². The minimum atomic E-state index is -1.54. The zero-order chi connectivity index (χ0) is 26.4. The molecule has 0 aliphatic rings. The lowest BCUT2D eigenvalue weighted by Gasteiger charge is -2.25. The van der Waals surface area contributed by atoms with Crippen LogP contribution in [0.1, 0.15) is 38.3 Å². The van der Waals surface area contributed by atoms with E-state index in [1.807, 2.05) is 6.26 Å². The molecule has 13 nitrogen and oxygen atoms in total. The van der Waals surface area contributed by atoms with Gasteiger partial charge in [-0.2, -0.15) is 11.8 Å². The number of imidazole rings is 1. The number of thioether (sulfide) groups is 1. The summed E-state index contributed by atoms with van der Waals surface area (Å²) in [5.41, 5.74) is 12.0. The molecule has 5 atom stereocenters. The lowest BCUT2D eigenvalue weighted by atomic mass is 10.1. The number of unbranched alkanes of at least 4 members (excludes halogenated alkanes) is 1. The number of amides is 3. The first-order valence-electron chi connectivity index (χ1n) is 11.3. The molecule has 0 saturated heterocycles. The third-order valence-electron chi connectivity index (χ3n) is 5.21. The Morgan fingerprint density at radius 3 is 2.29 bits per heavy atom. The molecule has 5 unspecified atom stereocenters. The van der Waals surface area contributed by atoms with Gasteiger partial charge in [0.15, 0.2) is 6.04 Å². The molecule has 1 heterocycles. The number of rotatable bonds is 17. The van der Waals surface area contributed by atoms with E-state index in [2.05, 4.69) is 25.9 Å². The maximum absolute atomic E-state index is 13.1. The summed E-state index contributed by atoms with van der Waals surface area (Å²) in [4.78, 5) is 56.7. The molecule has 35 heavy (non-hydrogen) atoms. The summed E-state index contributed by atoms with van der Waals surface area (Å²) in [6.07, 6.45) is 5.46. The van der Waals surface area contributed by atoms with Crippen LogP contribution in [0, 0.1) is 0 Å². The van der Waals surface area contributed by atoms with Gasteiger partial charge in [0, 0.05) is 18.3 Å². The number of carbonyl (C=O) groups is 4. The molecule has 0 bridgehead atoms. The number of nitrogens with one attached hydrogen (secondary N) is 4. The van der Waals surface area contributed by atoms with Gasteiger partial charge in [-0.3, -0.25) is 14.4 Å². The predicted molar refractivity (Wildman–Crippen MR) is 131 cm³/mol. The highest BCUT2D eigenvalue weighted by molar-refractivity contribution is 7.98. The van der Waals surface area contributed by atoms with Crippen molar-refractivity contribution in [2.75, 3.05) is 18.6 Å². The monoisotopic (exact) mass is 515 g/mol. The highest BCUT2D eigenvalue weighted by Gasteiger charge is 2.32. The smallest absolute Gasteiger partial charge is 0.328 e. The Balaban J connectivity index is 2.98. The first kappa shape index (κ1) is 30.4. The van der Waals surface area contributed by atoms with Crippen LogP contribution in [0.2, 0.25) is 0 Å². The van der Waals surface area contributed by atoms with E-state index in [0.717, 1.165) is 6.42 Å². The summed E-state index contributed by atoms with van der Waals surface area (Å²) in [6, 6.07) is -4.53. The number of carboxylic acid groups (broad SMARTS) is 1. The predicted octanol–water partition coefficient (Wildman–Crippen LogP) is -1.92. The average Bonchev–Trinajstić information content (AvgIpc) is 3.32. The van der Waals surface area contributed by atoms with Crippen molar-refractivity contribution in [3.63, 3.8) is 0 Å². The molecule has 1 rings (SSSR count). The molecule has 1 aromatic heterocycles. The van der Waals surface area contributed by atoms with Crippen LogP contribution < -0.4 is 27.4 Å². The Kier molecular flexibility index (Phi) is 13.9. The second kappa shape index (κ2) is 16.1. The second-order valence-corrected chi connectivity index (χ2v) is 9.13. The van der Waals surface area contributed by atoms with Crippen molar-refractivity contribution in [3.05, 3.63) is 18.2 Å². The summed E-state index contributed by atoms with van der Waals surface area (Å²) < 4.78 is 0. The standard InChI is InChI=1S/C21H37N7O6S/c1-12(29)17(21(33)34)28-19(31)15(6-8-35-2)26-20(32)16(9-13-10-24-11-25-13)27-18(30)14(23)5-3-4-7-22/h10-12,14-17,29H,3-9,22-23H2,1-2H3,(H,24,25)(H,26,32)(H,27,30)(H,28,31)(H,33,34). The largest absolute Gasteiger partial charge is 0.480 e. The zero-order valence-corrected chi connectivity index (χ0v) is 20.8. The van der Waals surface area contributed by atoms with Crippen LogP contribution in [-0.2, 0) is 25.6 Å². The van der Waals surface area contributed by atoms with E-state index in [4.69, 9.17) is 11.5 Å². The lowest BCUT2D eigenvalue weighted by Crippen LogP contribution is -2.58. The van der Waals surface area contributed by atoms with Crippen molar-refractivity contribution in [1.29, 1.82) is 0 Å². The number of H-pyrrole nitrogens is 1. The Hall–Kier alpha value is -2.68. The molecule has 0 fully saturated rings. The van der Waals surface area contributed by atoms with Crippen molar-refractivity contribution >= 4 is 35.5 Å². The minimum Gasteiger partial charge on any atom is -0.480 e. The summed E-state index contributed by atoms with van der Waals surface area (Å²) in [5.74, 6) is -2.84. The van der Waals surface area contributed by atoms with Gasteiger partial charge in [0.05, 0.1) is 18.5 Å². The molecule has 1 aromatic rings. The Bertz CT molecular complexity index is 808. The molecule has 14 heteroatoms. The number of aromatic nitrogens is 2. The number of nitrogens with two attached hydrogens (primary N) is 2. The Labute approximate surface area is 208 Å². The number of hydrogen-bond donors (Lipinski definition) is 8. The number of aromatic amines is 1. The highest BCUT2D eigenvalue weighted by atomic mass is 32.2. The van der Waals surface area contributed by atoms with Gasteiger partial charge >= 0.3 is 5.97 Å². The Morgan fingerprint density at radius 2 is 1.74 bits per heavy atom. The van der Waals surface area contributed by atoms with E-state index >= 15 is 0 Å². The molecule has 0 radical (unpaired) electrons. The van der Waals surface area contributed by atoms with Crippen LogP contribution in [0.15, 0.2) is 12.5 Å². The van der Waals surface area contributed by atoms with Gasteiger partial charge in [-0.15, -0.1) is 0 Å². The van der Waals surface area contributed by atoms with Gasteiger partial charge in [0.2, 0.25) is 17.7 Å². The third kappa shape index (κ3) is 11.1. The van der Waals surface area contributed by atoms with E-state index in [9.17, 15) is 29.4 Å². The van der Waals surface area contributed by atoms with Crippen molar-refractivity contribution in [2.24, 2.45) is 11.5 Å². The van der Waals surface area contributed by atoms with E-state index in [-0.39, 0.29) is 12.8 Å². The number of aliphatic carboxylic acids is 1.